The number of aromatic nitrogens is 2. The second kappa shape index (κ2) is 8.66. The first-order chi connectivity index (χ1) is 14.7. The van der Waals surface area contributed by atoms with Crippen LogP contribution in [0.3, 0.4) is 0 Å². The lowest BCUT2D eigenvalue weighted by molar-refractivity contribution is 0.414. The third-order valence-electron chi connectivity index (χ3n) is 4.94. The summed E-state index contributed by atoms with van der Waals surface area (Å²) in [5.74, 6) is 2.41. The fourth-order valence-electron chi connectivity index (χ4n) is 3.25. The second-order valence-electron chi connectivity index (χ2n) is 6.68. The molecule has 0 atom stereocenters. The van der Waals surface area contributed by atoms with Gasteiger partial charge in [-0.25, -0.2) is 0 Å². The van der Waals surface area contributed by atoms with Gasteiger partial charge in [-0.3, -0.25) is 0 Å². The van der Waals surface area contributed by atoms with E-state index < -0.39 is 0 Å². The van der Waals surface area contributed by atoms with E-state index >= 15 is 0 Å². The zero-order valence-corrected chi connectivity index (χ0v) is 17.1. The first-order valence-electron chi connectivity index (χ1n) is 9.53. The molecule has 4 aromatic rings. The van der Waals surface area contributed by atoms with E-state index in [1.807, 2.05) is 72.8 Å². The van der Waals surface area contributed by atoms with Crippen LogP contribution in [0.25, 0.3) is 33.6 Å². The molecule has 0 radical (unpaired) electrons. The topological polar surface area (TPSA) is 53.5 Å². The summed E-state index contributed by atoms with van der Waals surface area (Å²) in [7, 11) is 4.97. The van der Waals surface area contributed by atoms with Crippen LogP contribution in [-0.4, -0.2) is 31.5 Å². The van der Waals surface area contributed by atoms with Crippen LogP contribution in [0.1, 0.15) is 0 Å². The van der Waals surface area contributed by atoms with Gasteiger partial charge in [0.05, 0.1) is 27.0 Å². The molecule has 0 saturated heterocycles. The maximum atomic E-state index is 5.31. The van der Waals surface area contributed by atoms with Gasteiger partial charge in [-0.15, -0.1) is 10.2 Å². The van der Waals surface area contributed by atoms with Crippen molar-refractivity contribution in [2.45, 2.75) is 0 Å². The van der Waals surface area contributed by atoms with E-state index in [-0.39, 0.29) is 0 Å². The summed E-state index contributed by atoms with van der Waals surface area (Å²) < 4.78 is 15.8. The average molecular weight is 398 g/mol. The normalized spacial score (nSPS) is 10.5. The minimum Gasteiger partial charge on any atom is -0.497 e. The molecule has 5 heteroatoms. The van der Waals surface area contributed by atoms with Crippen LogP contribution in [0.2, 0.25) is 0 Å². The monoisotopic (exact) mass is 398 g/mol. The van der Waals surface area contributed by atoms with Crippen molar-refractivity contribution in [1.82, 2.24) is 10.2 Å². The van der Waals surface area contributed by atoms with Crippen molar-refractivity contribution in [2.75, 3.05) is 21.3 Å². The molecule has 0 bridgehead atoms. The molecular weight excluding hydrogens is 376 g/mol. The molecule has 0 amide bonds. The molecule has 4 rings (SSSR count). The van der Waals surface area contributed by atoms with Gasteiger partial charge in [-0.1, -0.05) is 12.1 Å². The highest BCUT2D eigenvalue weighted by atomic mass is 16.5. The predicted octanol–water partition coefficient (Wildman–Crippen LogP) is 5.50. The quantitative estimate of drug-likeness (QED) is 0.429. The van der Waals surface area contributed by atoms with Gasteiger partial charge >= 0.3 is 0 Å². The Morgan fingerprint density at radius 1 is 0.500 bits per heavy atom. The lowest BCUT2D eigenvalue weighted by Gasteiger charge is -2.12. The summed E-state index contributed by atoms with van der Waals surface area (Å²) in [6.45, 7) is 0. The number of benzene rings is 3. The summed E-state index contributed by atoms with van der Waals surface area (Å²) >= 11 is 0. The van der Waals surface area contributed by atoms with Crippen LogP contribution in [0, 0.1) is 0 Å². The second-order valence-corrected chi connectivity index (χ2v) is 6.68. The van der Waals surface area contributed by atoms with Gasteiger partial charge in [0.2, 0.25) is 0 Å². The van der Waals surface area contributed by atoms with Crippen molar-refractivity contribution >= 4 is 0 Å². The Morgan fingerprint density at radius 3 is 1.40 bits per heavy atom. The molecule has 5 nitrogen and oxygen atoms in total. The first-order valence-corrected chi connectivity index (χ1v) is 9.53. The highest BCUT2D eigenvalue weighted by Gasteiger charge is 2.13. The minimum atomic E-state index is 0.792. The first kappa shape index (κ1) is 19.5. The van der Waals surface area contributed by atoms with Crippen molar-refractivity contribution in [3.05, 3.63) is 78.9 Å². The zero-order chi connectivity index (χ0) is 20.9. The van der Waals surface area contributed by atoms with Crippen LogP contribution in [-0.2, 0) is 0 Å². The summed E-state index contributed by atoms with van der Waals surface area (Å²) in [6, 6.07) is 25.6. The highest BCUT2D eigenvalue weighted by molar-refractivity contribution is 5.83. The fourth-order valence-corrected chi connectivity index (χ4v) is 3.25. The Balaban J connectivity index is 1.83. The molecule has 3 aromatic carbocycles. The van der Waals surface area contributed by atoms with Crippen LogP contribution >= 0.6 is 0 Å². The third kappa shape index (κ3) is 3.96. The Kier molecular flexibility index (Phi) is 5.61. The largest absolute Gasteiger partial charge is 0.497 e. The van der Waals surface area contributed by atoms with E-state index in [2.05, 4.69) is 16.3 Å². The number of hydrogen-bond donors (Lipinski definition) is 0. The van der Waals surface area contributed by atoms with Crippen molar-refractivity contribution in [3.8, 4) is 50.9 Å². The summed E-state index contributed by atoms with van der Waals surface area (Å²) in [6.07, 6.45) is 0. The molecule has 0 spiro atoms. The summed E-state index contributed by atoms with van der Waals surface area (Å²) in [5.41, 5.74) is 5.56. The Bertz CT molecular complexity index is 1120. The van der Waals surface area contributed by atoms with Crippen LogP contribution < -0.4 is 14.2 Å². The van der Waals surface area contributed by atoms with Crippen molar-refractivity contribution in [2.24, 2.45) is 0 Å². The standard InChI is InChI=1S/C25H22N2O3/c1-28-20-10-4-17(5-11-20)23-16-24(18-6-12-21(29-2)13-7-18)26-27-25(23)19-8-14-22(30-3)15-9-19/h4-16H,1-3H3. The van der Waals surface area contributed by atoms with E-state index in [1.165, 1.54) is 0 Å². The molecule has 0 fully saturated rings. The van der Waals surface area contributed by atoms with E-state index in [4.69, 9.17) is 14.2 Å². The number of methoxy groups -OCH3 is 3. The number of nitrogens with zero attached hydrogens (tertiary/aromatic N) is 2. The SMILES string of the molecule is COc1ccc(-c2cc(-c3ccc(OC)cc3)c(-c3ccc(OC)cc3)nn2)cc1. The van der Waals surface area contributed by atoms with Crippen LogP contribution in [0.5, 0.6) is 17.2 Å². The molecule has 0 aliphatic carbocycles. The number of ether oxygens (including phenoxy) is 3. The van der Waals surface area contributed by atoms with Crippen molar-refractivity contribution < 1.29 is 14.2 Å². The highest BCUT2D eigenvalue weighted by Crippen LogP contribution is 2.34. The Labute approximate surface area is 175 Å². The molecule has 30 heavy (non-hydrogen) atoms. The van der Waals surface area contributed by atoms with E-state index in [9.17, 15) is 0 Å². The Morgan fingerprint density at radius 2 is 0.933 bits per heavy atom. The lowest BCUT2D eigenvalue weighted by Crippen LogP contribution is -1.96. The molecule has 0 unspecified atom stereocenters. The molecule has 1 aromatic heterocycles. The van der Waals surface area contributed by atoms with Gasteiger partial charge in [0, 0.05) is 16.7 Å². The van der Waals surface area contributed by atoms with E-state index in [1.54, 1.807) is 21.3 Å². The molecule has 0 saturated carbocycles. The maximum Gasteiger partial charge on any atom is 0.118 e. The zero-order valence-electron chi connectivity index (χ0n) is 17.1. The van der Waals surface area contributed by atoms with Gasteiger partial charge in [0.25, 0.3) is 0 Å². The number of hydrogen-bond acceptors (Lipinski definition) is 5. The van der Waals surface area contributed by atoms with Crippen LogP contribution in [0.15, 0.2) is 78.9 Å². The molecular formula is C25H22N2O3. The van der Waals surface area contributed by atoms with E-state index in [0.29, 0.717) is 0 Å². The molecule has 0 aliphatic heterocycles. The van der Waals surface area contributed by atoms with Crippen LogP contribution in [0.4, 0.5) is 0 Å². The van der Waals surface area contributed by atoms with Gasteiger partial charge in [0.1, 0.15) is 22.9 Å². The predicted molar refractivity (Wildman–Crippen MR) is 118 cm³/mol. The van der Waals surface area contributed by atoms with Gasteiger partial charge in [-0.05, 0) is 72.3 Å². The van der Waals surface area contributed by atoms with Gasteiger partial charge in [0.15, 0.2) is 0 Å². The van der Waals surface area contributed by atoms with Gasteiger partial charge < -0.3 is 14.2 Å². The number of rotatable bonds is 6. The van der Waals surface area contributed by atoms with Gasteiger partial charge in [-0.2, -0.15) is 0 Å². The lowest BCUT2D eigenvalue weighted by atomic mass is 9.98. The van der Waals surface area contributed by atoms with E-state index in [0.717, 1.165) is 50.9 Å². The fraction of sp³-hybridized carbons (Fsp3) is 0.120. The third-order valence-corrected chi connectivity index (χ3v) is 4.94. The minimum absolute atomic E-state index is 0.792. The summed E-state index contributed by atoms with van der Waals surface area (Å²) in [5, 5.41) is 9.09. The smallest absolute Gasteiger partial charge is 0.118 e. The summed E-state index contributed by atoms with van der Waals surface area (Å²) in [4.78, 5) is 0. The molecule has 0 aliphatic rings. The molecule has 150 valence electrons. The molecule has 0 N–H and O–H groups in total. The average Bonchev–Trinajstić information content (AvgIpc) is 2.84. The maximum absolute atomic E-state index is 5.31. The van der Waals surface area contributed by atoms with Crippen molar-refractivity contribution in [3.63, 3.8) is 0 Å². The molecule has 1 heterocycles. The van der Waals surface area contributed by atoms with Crippen molar-refractivity contribution in [1.29, 1.82) is 0 Å². The Hall–Kier alpha value is -3.86.